The van der Waals surface area contributed by atoms with Crippen LogP contribution in [0.2, 0.25) is 0 Å². The van der Waals surface area contributed by atoms with Gasteiger partial charge in [0.2, 0.25) is 0 Å². The Morgan fingerprint density at radius 2 is 0.550 bits per heavy atom. The van der Waals surface area contributed by atoms with Crippen molar-refractivity contribution < 1.29 is 28.6 Å². The van der Waals surface area contributed by atoms with Crippen LogP contribution in [0, 0.1) is 0 Å². The number of carbonyl (C=O) groups excluding carboxylic acids is 3. The van der Waals surface area contributed by atoms with Crippen LogP contribution in [-0.4, -0.2) is 37.2 Å². The molecule has 0 amide bonds. The molecule has 0 heterocycles. The largest absolute Gasteiger partial charge is 0.462 e. The zero-order chi connectivity index (χ0) is 43.7. The minimum Gasteiger partial charge on any atom is -0.462 e. The van der Waals surface area contributed by atoms with Crippen molar-refractivity contribution in [2.75, 3.05) is 13.2 Å². The molecule has 0 aliphatic heterocycles. The van der Waals surface area contributed by atoms with Crippen molar-refractivity contribution in [3.63, 3.8) is 0 Å². The minimum absolute atomic E-state index is 0.0745. The fraction of sp³-hybridized carbons (Fsp3) is 0.870. The van der Waals surface area contributed by atoms with Crippen molar-refractivity contribution in [3.8, 4) is 0 Å². The highest BCUT2D eigenvalue weighted by Crippen LogP contribution is 2.16. The predicted octanol–water partition coefficient (Wildman–Crippen LogP) is 17.2. The Hall–Kier alpha value is -2.11. The van der Waals surface area contributed by atoms with Gasteiger partial charge in [-0.3, -0.25) is 14.4 Å². The average molecular weight is 845 g/mol. The van der Waals surface area contributed by atoms with Gasteiger partial charge in [-0.1, -0.05) is 218 Å². The first-order valence-corrected chi connectivity index (χ1v) is 26.3. The van der Waals surface area contributed by atoms with Crippen LogP contribution in [0.25, 0.3) is 0 Å². The summed E-state index contributed by atoms with van der Waals surface area (Å²) in [5.74, 6) is -0.877. The summed E-state index contributed by atoms with van der Waals surface area (Å²) >= 11 is 0. The molecule has 1 unspecified atom stereocenters. The molecule has 0 saturated heterocycles. The van der Waals surface area contributed by atoms with Crippen molar-refractivity contribution in [1.29, 1.82) is 0 Å². The van der Waals surface area contributed by atoms with E-state index in [4.69, 9.17) is 14.2 Å². The smallest absolute Gasteiger partial charge is 0.306 e. The van der Waals surface area contributed by atoms with Gasteiger partial charge in [-0.05, 0) is 70.6 Å². The summed E-state index contributed by atoms with van der Waals surface area (Å²) < 4.78 is 16.8. The van der Waals surface area contributed by atoms with Crippen LogP contribution in [0.4, 0.5) is 0 Å². The average Bonchev–Trinajstić information content (AvgIpc) is 3.24. The zero-order valence-electron chi connectivity index (χ0n) is 40.2. The van der Waals surface area contributed by atoms with Crippen LogP contribution in [-0.2, 0) is 28.6 Å². The van der Waals surface area contributed by atoms with Crippen LogP contribution < -0.4 is 0 Å². The van der Waals surface area contributed by atoms with Gasteiger partial charge in [-0.25, -0.2) is 0 Å². The van der Waals surface area contributed by atoms with E-state index in [-0.39, 0.29) is 31.1 Å². The van der Waals surface area contributed by atoms with E-state index in [1.165, 1.54) is 173 Å². The van der Waals surface area contributed by atoms with Gasteiger partial charge < -0.3 is 14.2 Å². The van der Waals surface area contributed by atoms with Gasteiger partial charge in [0.25, 0.3) is 0 Å². The molecule has 0 aliphatic carbocycles. The number of rotatable bonds is 48. The molecule has 0 aromatic rings. The van der Waals surface area contributed by atoms with E-state index in [9.17, 15) is 14.4 Å². The highest BCUT2D eigenvalue weighted by atomic mass is 16.6. The Balaban J connectivity index is 4.36. The van der Waals surface area contributed by atoms with Crippen molar-refractivity contribution in [3.05, 3.63) is 24.3 Å². The van der Waals surface area contributed by atoms with Gasteiger partial charge in [0.1, 0.15) is 13.2 Å². The van der Waals surface area contributed by atoms with E-state index >= 15 is 0 Å². The Bertz CT molecular complexity index is 973. The lowest BCUT2D eigenvalue weighted by molar-refractivity contribution is -0.167. The first-order chi connectivity index (χ1) is 29.5. The van der Waals surface area contributed by atoms with Crippen LogP contribution in [0.15, 0.2) is 24.3 Å². The summed E-state index contributed by atoms with van der Waals surface area (Å²) in [6, 6.07) is 0. The van der Waals surface area contributed by atoms with Crippen molar-refractivity contribution in [1.82, 2.24) is 0 Å². The van der Waals surface area contributed by atoms with Gasteiger partial charge in [0.15, 0.2) is 6.10 Å². The lowest BCUT2D eigenvalue weighted by atomic mass is 10.0. The third-order valence-electron chi connectivity index (χ3n) is 11.7. The minimum atomic E-state index is -0.772. The predicted molar refractivity (Wildman–Crippen MR) is 256 cm³/mol. The van der Waals surface area contributed by atoms with Crippen LogP contribution in [0.1, 0.15) is 284 Å². The van der Waals surface area contributed by atoms with E-state index in [0.717, 1.165) is 70.6 Å². The third kappa shape index (κ3) is 46.9. The molecule has 0 spiro atoms. The van der Waals surface area contributed by atoms with E-state index in [2.05, 4.69) is 45.1 Å². The van der Waals surface area contributed by atoms with Gasteiger partial charge in [0.05, 0.1) is 0 Å². The van der Waals surface area contributed by atoms with Crippen molar-refractivity contribution in [2.24, 2.45) is 0 Å². The lowest BCUT2D eigenvalue weighted by Crippen LogP contribution is -2.30. The summed E-state index contributed by atoms with van der Waals surface area (Å²) in [6.07, 6.45) is 55.8. The second-order valence-corrected chi connectivity index (χ2v) is 17.8. The summed E-state index contributed by atoms with van der Waals surface area (Å²) in [7, 11) is 0. The number of unbranched alkanes of at least 4 members (excludes halogenated alkanes) is 33. The second-order valence-electron chi connectivity index (χ2n) is 17.8. The molecular formula is C54H100O6. The van der Waals surface area contributed by atoms with Crippen LogP contribution >= 0.6 is 0 Å². The quantitative estimate of drug-likeness (QED) is 0.0263. The summed E-state index contributed by atoms with van der Waals surface area (Å²) in [6.45, 7) is 6.63. The topological polar surface area (TPSA) is 78.9 Å². The maximum Gasteiger partial charge on any atom is 0.306 e. The monoisotopic (exact) mass is 845 g/mol. The Labute approximate surface area is 373 Å². The Morgan fingerprint density at radius 1 is 0.317 bits per heavy atom. The number of esters is 3. The lowest BCUT2D eigenvalue weighted by Gasteiger charge is -2.18. The number of ether oxygens (including phenoxy) is 3. The standard InChI is InChI=1S/C54H100O6/c1-4-7-10-13-16-19-22-25-27-30-32-35-38-41-44-47-53(56)59-50-51(49-58-52(55)46-43-40-37-34-31-28-24-21-18-15-12-9-6-3)60-54(57)48-45-42-39-36-33-29-26-23-20-17-14-11-8-5-2/h21,24-25,27,51H,4-20,22-23,26,28-50H2,1-3H3/b24-21-,27-25-. The van der Waals surface area contributed by atoms with Crippen LogP contribution in [0.5, 0.6) is 0 Å². The first-order valence-electron chi connectivity index (χ1n) is 26.3. The van der Waals surface area contributed by atoms with E-state index in [1.807, 2.05) is 0 Å². The molecule has 1 atom stereocenters. The van der Waals surface area contributed by atoms with Gasteiger partial charge in [0, 0.05) is 19.3 Å². The maximum absolute atomic E-state index is 12.8. The van der Waals surface area contributed by atoms with Crippen molar-refractivity contribution in [2.45, 2.75) is 290 Å². The summed E-state index contributed by atoms with van der Waals surface area (Å²) in [5, 5.41) is 0. The van der Waals surface area contributed by atoms with Crippen molar-refractivity contribution >= 4 is 17.9 Å². The fourth-order valence-corrected chi connectivity index (χ4v) is 7.67. The number of hydrogen-bond acceptors (Lipinski definition) is 6. The number of hydrogen-bond donors (Lipinski definition) is 0. The summed E-state index contributed by atoms with van der Waals surface area (Å²) in [4.78, 5) is 38.0. The van der Waals surface area contributed by atoms with E-state index < -0.39 is 6.10 Å². The molecular weight excluding hydrogens is 745 g/mol. The van der Waals surface area contributed by atoms with Gasteiger partial charge >= 0.3 is 17.9 Å². The highest BCUT2D eigenvalue weighted by Gasteiger charge is 2.19. The molecule has 0 saturated carbocycles. The van der Waals surface area contributed by atoms with Crippen LogP contribution in [0.3, 0.4) is 0 Å². The zero-order valence-corrected chi connectivity index (χ0v) is 40.2. The van der Waals surface area contributed by atoms with Gasteiger partial charge in [-0.15, -0.1) is 0 Å². The maximum atomic E-state index is 12.8. The third-order valence-corrected chi connectivity index (χ3v) is 11.7. The molecule has 352 valence electrons. The fourth-order valence-electron chi connectivity index (χ4n) is 7.67. The molecule has 0 fully saturated rings. The molecule has 6 heteroatoms. The SMILES string of the molecule is CCCCCC/C=C\CCCCCCCC(=O)OCC(COC(=O)CCCCCCC/C=C\CCCCCCCC)OC(=O)CCCCCCCCCCCCCCCC. The molecule has 0 aliphatic rings. The molecule has 0 bridgehead atoms. The Morgan fingerprint density at radius 3 is 0.850 bits per heavy atom. The number of carbonyl (C=O) groups is 3. The molecule has 60 heavy (non-hydrogen) atoms. The normalized spacial score (nSPS) is 12.1. The van der Waals surface area contributed by atoms with Gasteiger partial charge in [-0.2, -0.15) is 0 Å². The Kier molecular flexibility index (Phi) is 47.8. The highest BCUT2D eigenvalue weighted by molar-refractivity contribution is 5.71. The van der Waals surface area contributed by atoms with E-state index in [1.54, 1.807) is 0 Å². The first kappa shape index (κ1) is 57.9. The second kappa shape index (κ2) is 49.5. The molecule has 0 aromatic heterocycles. The summed E-state index contributed by atoms with van der Waals surface area (Å²) in [5.41, 5.74) is 0. The molecule has 0 aromatic carbocycles. The molecule has 0 rings (SSSR count). The molecule has 0 N–H and O–H groups in total. The number of allylic oxidation sites excluding steroid dienone is 4. The molecule has 6 nitrogen and oxygen atoms in total. The van der Waals surface area contributed by atoms with E-state index in [0.29, 0.717) is 19.3 Å². The molecule has 0 radical (unpaired) electrons.